The number of Topliss-reactive ketones (excluding diaryl/α,β-unsaturated/α-hetero) is 1. The average molecular weight is 415 g/mol. The van der Waals surface area contributed by atoms with Gasteiger partial charge in [-0.3, -0.25) is 4.79 Å². The van der Waals surface area contributed by atoms with E-state index in [0.717, 1.165) is 19.3 Å². The fourth-order valence-corrected chi connectivity index (χ4v) is 3.82. The van der Waals surface area contributed by atoms with Crippen LogP contribution in [-0.2, 0) is 27.4 Å². The van der Waals surface area contributed by atoms with E-state index in [9.17, 15) is 14.7 Å². The number of ether oxygens (including phenoxy) is 1. The van der Waals surface area contributed by atoms with E-state index < -0.39 is 12.1 Å². The third-order valence-corrected chi connectivity index (χ3v) is 5.55. The lowest BCUT2D eigenvalue weighted by Crippen LogP contribution is -2.18. The predicted octanol–water partition coefficient (Wildman–Crippen LogP) is 4.48. The molecule has 164 valence electrons. The summed E-state index contributed by atoms with van der Waals surface area (Å²) >= 11 is 0. The number of carboxylic acids is 1. The maximum absolute atomic E-state index is 12.2. The first-order valence-corrected chi connectivity index (χ1v) is 10.9. The molecule has 5 nitrogen and oxygen atoms in total. The second-order valence-corrected chi connectivity index (χ2v) is 7.84. The molecule has 1 unspecified atom stereocenters. The van der Waals surface area contributed by atoms with Crippen molar-refractivity contribution in [2.45, 2.75) is 64.6 Å². The Hall–Kier alpha value is -2.24. The summed E-state index contributed by atoms with van der Waals surface area (Å²) in [5.41, 5.74) is 2.49. The van der Waals surface area contributed by atoms with Crippen LogP contribution in [-0.4, -0.2) is 34.7 Å². The summed E-state index contributed by atoms with van der Waals surface area (Å²) in [6, 6.07) is 8.48. The number of rotatable bonds is 13. The minimum absolute atomic E-state index is 0.0106. The molecule has 30 heavy (non-hydrogen) atoms. The summed E-state index contributed by atoms with van der Waals surface area (Å²) in [5, 5.41) is 17.9. The van der Waals surface area contributed by atoms with Crippen molar-refractivity contribution in [1.29, 1.82) is 0 Å². The molecule has 1 aliphatic rings. The molecule has 0 aliphatic heterocycles. The first-order chi connectivity index (χ1) is 14.5. The molecule has 1 fully saturated rings. The molecule has 0 heterocycles. The summed E-state index contributed by atoms with van der Waals surface area (Å²) in [4.78, 5) is 22.8. The van der Waals surface area contributed by atoms with Crippen molar-refractivity contribution >= 4 is 11.8 Å². The first kappa shape index (κ1) is 24.0. The molecule has 1 aliphatic carbocycles. The molecular formula is C25H34O5. The van der Waals surface area contributed by atoms with Gasteiger partial charge in [-0.2, -0.15) is 0 Å². The van der Waals surface area contributed by atoms with Crippen molar-refractivity contribution < 1.29 is 24.5 Å². The molecule has 0 spiro atoms. The Morgan fingerprint density at radius 3 is 2.80 bits per heavy atom. The lowest BCUT2D eigenvalue weighted by atomic mass is 9.91. The van der Waals surface area contributed by atoms with Gasteiger partial charge in [-0.1, -0.05) is 48.6 Å². The number of aliphatic hydroxyl groups excluding tert-OH is 1. The quantitative estimate of drug-likeness (QED) is 0.465. The highest BCUT2D eigenvalue weighted by Crippen LogP contribution is 2.33. The van der Waals surface area contributed by atoms with Gasteiger partial charge < -0.3 is 14.9 Å². The Morgan fingerprint density at radius 2 is 2.03 bits per heavy atom. The van der Waals surface area contributed by atoms with Crippen molar-refractivity contribution in [3.8, 4) is 0 Å². The lowest BCUT2D eigenvalue weighted by Gasteiger charge is -2.12. The minimum atomic E-state index is -1.32. The maximum Gasteiger partial charge on any atom is 0.332 e. The fraction of sp³-hybridized carbons (Fsp3) is 0.520. The van der Waals surface area contributed by atoms with Crippen molar-refractivity contribution in [2.24, 2.45) is 11.8 Å². The van der Waals surface area contributed by atoms with Gasteiger partial charge in [0.05, 0.1) is 6.61 Å². The molecule has 3 atom stereocenters. The van der Waals surface area contributed by atoms with E-state index in [4.69, 9.17) is 9.84 Å². The van der Waals surface area contributed by atoms with E-state index in [2.05, 4.69) is 36.4 Å². The molecule has 0 amide bonds. The topological polar surface area (TPSA) is 83.8 Å². The van der Waals surface area contributed by atoms with E-state index in [-0.39, 0.29) is 18.3 Å². The first-order valence-electron chi connectivity index (χ1n) is 10.9. The van der Waals surface area contributed by atoms with Crippen LogP contribution >= 0.6 is 0 Å². The van der Waals surface area contributed by atoms with Gasteiger partial charge in [-0.15, -0.1) is 0 Å². The standard InChI is InChI=1S/C25H34O5/c1-2-30-18-20-11-8-10-19(17-20)9-6-7-12-21-15-16-23(26)22(21)13-4-3-5-14-24(27)25(28)29/h3-4,7-8,10-12,17,21-22,24,27H,2,5-6,9,13-16,18H2,1H3,(H,28,29)/t21-,22+,24?/m0/s1. The van der Waals surface area contributed by atoms with Gasteiger partial charge >= 0.3 is 5.97 Å². The summed E-state index contributed by atoms with van der Waals surface area (Å²) < 4.78 is 5.47. The van der Waals surface area contributed by atoms with Crippen LogP contribution < -0.4 is 0 Å². The molecule has 0 bridgehead atoms. The molecular weight excluding hydrogens is 380 g/mol. The van der Waals surface area contributed by atoms with Crippen molar-refractivity contribution in [3.05, 3.63) is 59.7 Å². The highest BCUT2D eigenvalue weighted by atomic mass is 16.5. The smallest absolute Gasteiger partial charge is 0.332 e. The minimum Gasteiger partial charge on any atom is -0.479 e. The summed E-state index contributed by atoms with van der Waals surface area (Å²) in [7, 11) is 0. The van der Waals surface area contributed by atoms with Crippen LogP contribution in [0.5, 0.6) is 0 Å². The number of aryl methyl sites for hydroxylation is 1. The largest absolute Gasteiger partial charge is 0.479 e. The number of carboxylic acid groups (broad SMARTS) is 1. The van der Waals surface area contributed by atoms with E-state index in [1.807, 2.05) is 19.1 Å². The third kappa shape index (κ3) is 8.25. The number of aliphatic hydroxyl groups is 1. The van der Waals surface area contributed by atoms with Crippen molar-refractivity contribution in [3.63, 3.8) is 0 Å². The van der Waals surface area contributed by atoms with Crippen LogP contribution in [0.3, 0.4) is 0 Å². The fourth-order valence-electron chi connectivity index (χ4n) is 3.82. The second kappa shape index (κ2) is 13.1. The van der Waals surface area contributed by atoms with Gasteiger partial charge in [-0.05, 0) is 62.5 Å². The highest BCUT2D eigenvalue weighted by Gasteiger charge is 2.31. The zero-order chi connectivity index (χ0) is 21.8. The van der Waals surface area contributed by atoms with E-state index in [1.165, 1.54) is 11.1 Å². The molecule has 0 aromatic heterocycles. The second-order valence-electron chi connectivity index (χ2n) is 7.84. The Kier molecular flexibility index (Phi) is 10.5. The molecule has 2 rings (SSSR count). The summed E-state index contributed by atoms with van der Waals surface area (Å²) in [6.45, 7) is 3.36. The number of carbonyl (C=O) groups excluding carboxylic acids is 1. The van der Waals surface area contributed by atoms with Crippen molar-refractivity contribution in [1.82, 2.24) is 0 Å². The number of aliphatic carboxylic acids is 1. The Balaban J connectivity index is 1.77. The zero-order valence-corrected chi connectivity index (χ0v) is 17.8. The highest BCUT2D eigenvalue weighted by molar-refractivity contribution is 5.83. The Morgan fingerprint density at radius 1 is 1.23 bits per heavy atom. The zero-order valence-electron chi connectivity index (χ0n) is 17.8. The number of carbonyl (C=O) groups is 2. The van der Waals surface area contributed by atoms with Crippen LogP contribution in [0.1, 0.15) is 56.6 Å². The van der Waals surface area contributed by atoms with Crippen molar-refractivity contribution in [2.75, 3.05) is 6.61 Å². The third-order valence-electron chi connectivity index (χ3n) is 5.55. The van der Waals surface area contributed by atoms with Gasteiger partial charge in [0.2, 0.25) is 0 Å². The van der Waals surface area contributed by atoms with E-state index in [1.54, 1.807) is 0 Å². The molecule has 5 heteroatoms. The summed E-state index contributed by atoms with van der Waals surface area (Å²) in [5.74, 6) is -0.600. The number of hydrogen-bond acceptors (Lipinski definition) is 4. The molecule has 1 aromatic carbocycles. The van der Waals surface area contributed by atoms with Crippen LogP contribution in [0.25, 0.3) is 0 Å². The Bertz CT molecular complexity index is 737. The normalized spacial score (nSPS) is 20.4. The predicted molar refractivity (Wildman–Crippen MR) is 117 cm³/mol. The molecule has 2 N–H and O–H groups in total. The van der Waals surface area contributed by atoms with Crippen LogP contribution in [0.2, 0.25) is 0 Å². The molecule has 1 aromatic rings. The Labute approximate surface area is 179 Å². The molecule has 0 saturated heterocycles. The van der Waals surface area contributed by atoms with Gasteiger partial charge in [0.1, 0.15) is 5.78 Å². The number of benzene rings is 1. The summed E-state index contributed by atoms with van der Waals surface area (Å²) in [6.07, 6.45) is 11.7. The van der Waals surface area contributed by atoms with Crippen LogP contribution in [0, 0.1) is 11.8 Å². The van der Waals surface area contributed by atoms with E-state index >= 15 is 0 Å². The number of hydrogen-bond donors (Lipinski definition) is 2. The van der Waals surface area contributed by atoms with E-state index in [0.29, 0.717) is 38.3 Å². The van der Waals surface area contributed by atoms with Gasteiger partial charge in [0.15, 0.2) is 6.10 Å². The number of ketones is 1. The lowest BCUT2D eigenvalue weighted by molar-refractivity contribution is -0.146. The number of allylic oxidation sites excluding steroid dienone is 4. The maximum atomic E-state index is 12.2. The van der Waals surface area contributed by atoms with Gasteiger partial charge in [-0.25, -0.2) is 4.79 Å². The van der Waals surface area contributed by atoms with Gasteiger partial charge in [0, 0.05) is 18.9 Å². The van der Waals surface area contributed by atoms with Crippen LogP contribution in [0.4, 0.5) is 0 Å². The SMILES string of the molecule is CCOCc1cccc(CCC=C[C@H]2CCC(=O)[C@@H]2CC=CCCC(O)C(=O)O)c1. The molecule has 0 radical (unpaired) electrons. The monoisotopic (exact) mass is 414 g/mol. The van der Waals surface area contributed by atoms with Crippen LogP contribution in [0.15, 0.2) is 48.6 Å². The van der Waals surface area contributed by atoms with Gasteiger partial charge in [0.25, 0.3) is 0 Å². The average Bonchev–Trinajstić information content (AvgIpc) is 3.09. The molecule has 1 saturated carbocycles.